The van der Waals surface area contributed by atoms with Crippen molar-refractivity contribution in [3.8, 4) is 0 Å². The molecule has 2 rings (SSSR count). The molecule has 2 atom stereocenters. The Balaban J connectivity index is 1.81. The number of hydrogen-bond acceptors (Lipinski definition) is 4. The molecule has 1 saturated heterocycles. The van der Waals surface area contributed by atoms with Crippen molar-refractivity contribution >= 4 is 16.0 Å². The predicted molar refractivity (Wildman–Crippen MR) is 92.1 cm³/mol. The molecule has 134 valence electrons. The fourth-order valence-corrected chi connectivity index (χ4v) is 4.14. The van der Waals surface area contributed by atoms with Crippen LogP contribution in [0, 0.1) is 5.92 Å². The zero-order chi connectivity index (χ0) is 16.9. The molecule has 23 heavy (non-hydrogen) atoms. The lowest BCUT2D eigenvalue weighted by Crippen LogP contribution is -2.50. The Bertz CT molecular complexity index is 495. The lowest BCUT2D eigenvalue weighted by molar-refractivity contribution is -0.0440. The van der Waals surface area contributed by atoms with Crippen LogP contribution in [-0.4, -0.2) is 69.4 Å². The smallest absolute Gasteiger partial charge is 0.216 e. The molecule has 0 spiro atoms. The van der Waals surface area contributed by atoms with Crippen LogP contribution in [-0.2, 0) is 14.8 Å². The Morgan fingerprint density at radius 3 is 2.43 bits per heavy atom. The van der Waals surface area contributed by atoms with E-state index in [0.29, 0.717) is 31.5 Å². The van der Waals surface area contributed by atoms with Crippen LogP contribution in [0.2, 0.25) is 0 Å². The van der Waals surface area contributed by atoms with Gasteiger partial charge in [0.15, 0.2) is 5.96 Å². The van der Waals surface area contributed by atoms with Crippen LogP contribution < -0.4 is 10.6 Å². The largest absolute Gasteiger partial charge is 0.373 e. The molecular weight excluding hydrogens is 316 g/mol. The molecule has 1 heterocycles. The van der Waals surface area contributed by atoms with Crippen molar-refractivity contribution in [2.75, 3.05) is 38.5 Å². The van der Waals surface area contributed by atoms with Gasteiger partial charge in [-0.05, 0) is 39.5 Å². The van der Waals surface area contributed by atoms with Crippen LogP contribution in [0.4, 0.5) is 0 Å². The number of guanidine groups is 1. The lowest BCUT2D eigenvalue weighted by Gasteiger charge is -2.34. The van der Waals surface area contributed by atoms with Crippen molar-refractivity contribution in [2.24, 2.45) is 10.9 Å². The maximum absolute atomic E-state index is 12.5. The standard InChI is InChI=1S/C15H30N4O3S/c1-4-16-15(18-9-14-5-6-14)17-7-8-23(20,21)19-10-12(2)22-13(3)11-19/h12-14H,4-11H2,1-3H3,(H2,16,17,18). The average molecular weight is 346 g/mol. The molecule has 0 radical (unpaired) electrons. The van der Waals surface area contributed by atoms with Gasteiger partial charge in [-0.15, -0.1) is 0 Å². The molecule has 2 aliphatic rings. The van der Waals surface area contributed by atoms with E-state index in [2.05, 4.69) is 15.6 Å². The Morgan fingerprint density at radius 1 is 1.22 bits per heavy atom. The first-order valence-electron chi connectivity index (χ1n) is 8.56. The molecule has 1 aliphatic heterocycles. The molecule has 7 nitrogen and oxygen atoms in total. The van der Waals surface area contributed by atoms with Crippen molar-refractivity contribution in [1.82, 2.24) is 14.9 Å². The van der Waals surface area contributed by atoms with Gasteiger partial charge < -0.3 is 15.4 Å². The highest BCUT2D eigenvalue weighted by atomic mass is 32.2. The summed E-state index contributed by atoms with van der Waals surface area (Å²) in [5, 5.41) is 6.28. The minimum atomic E-state index is -3.27. The number of morpholine rings is 1. The topological polar surface area (TPSA) is 83.0 Å². The number of rotatable bonds is 7. The molecule has 2 fully saturated rings. The first-order valence-corrected chi connectivity index (χ1v) is 10.2. The van der Waals surface area contributed by atoms with Gasteiger partial charge in [0.05, 0.1) is 18.0 Å². The second kappa shape index (κ2) is 8.30. The molecule has 0 aromatic heterocycles. The first-order chi connectivity index (χ1) is 10.9. The molecule has 2 N–H and O–H groups in total. The summed E-state index contributed by atoms with van der Waals surface area (Å²) in [5.41, 5.74) is 0. The maximum Gasteiger partial charge on any atom is 0.216 e. The summed E-state index contributed by atoms with van der Waals surface area (Å²) < 4.78 is 32.1. The van der Waals surface area contributed by atoms with E-state index in [0.717, 1.165) is 13.1 Å². The number of ether oxygens (including phenoxy) is 1. The van der Waals surface area contributed by atoms with Gasteiger partial charge in [0.2, 0.25) is 10.0 Å². The van der Waals surface area contributed by atoms with Gasteiger partial charge in [0, 0.05) is 32.7 Å². The van der Waals surface area contributed by atoms with Crippen molar-refractivity contribution in [2.45, 2.75) is 45.8 Å². The van der Waals surface area contributed by atoms with E-state index in [1.807, 2.05) is 20.8 Å². The van der Waals surface area contributed by atoms with E-state index in [-0.39, 0.29) is 18.0 Å². The average Bonchev–Trinajstić information content (AvgIpc) is 3.27. The van der Waals surface area contributed by atoms with Gasteiger partial charge in [0.25, 0.3) is 0 Å². The quantitative estimate of drug-likeness (QED) is 0.515. The molecule has 1 aliphatic carbocycles. The molecule has 8 heteroatoms. The van der Waals surface area contributed by atoms with Crippen molar-refractivity contribution in [1.29, 1.82) is 0 Å². The second-order valence-corrected chi connectivity index (χ2v) is 8.57. The molecule has 0 aromatic carbocycles. The van der Waals surface area contributed by atoms with Crippen LogP contribution in [0.25, 0.3) is 0 Å². The number of aliphatic imine (C=N–C) groups is 1. The maximum atomic E-state index is 12.5. The van der Waals surface area contributed by atoms with Crippen LogP contribution in [0.1, 0.15) is 33.6 Å². The number of sulfonamides is 1. The van der Waals surface area contributed by atoms with E-state index in [1.54, 1.807) is 4.31 Å². The molecule has 1 saturated carbocycles. The van der Waals surface area contributed by atoms with Gasteiger partial charge in [-0.1, -0.05) is 0 Å². The molecule has 2 unspecified atom stereocenters. The summed E-state index contributed by atoms with van der Waals surface area (Å²) in [4.78, 5) is 4.50. The van der Waals surface area contributed by atoms with E-state index >= 15 is 0 Å². The van der Waals surface area contributed by atoms with Crippen LogP contribution in [0.5, 0.6) is 0 Å². The molecule has 0 amide bonds. The predicted octanol–water partition coefficient (Wildman–Crippen LogP) is 0.391. The van der Waals surface area contributed by atoms with Gasteiger partial charge in [0.1, 0.15) is 0 Å². The van der Waals surface area contributed by atoms with Gasteiger partial charge in [-0.25, -0.2) is 8.42 Å². The zero-order valence-corrected chi connectivity index (χ0v) is 15.2. The van der Waals surface area contributed by atoms with Crippen LogP contribution in [0.3, 0.4) is 0 Å². The summed E-state index contributed by atoms with van der Waals surface area (Å²) >= 11 is 0. The van der Waals surface area contributed by atoms with Crippen molar-refractivity contribution in [3.63, 3.8) is 0 Å². The summed E-state index contributed by atoms with van der Waals surface area (Å²) in [7, 11) is -3.27. The summed E-state index contributed by atoms with van der Waals surface area (Å²) in [6.45, 7) is 8.63. The third-order valence-electron chi connectivity index (χ3n) is 3.98. The highest BCUT2D eigenvalue weighted by molar-refractivity contribution is 7.89. The third kappa shape index (κ3) is 6.27. The van der Waals surface area contributed by atoms with Gasteiger partial charge in [-0.3, -0.25) is 4.99 Å². The fraction of sp³-hybridized carbons (Fsp3) is 0.933. The highest BCUT2D eigenvalue weighted by Crippen LogP contribution is 2.28. The Kier molecular flexibility index (Phi) is 6.67. The van der Waals surface area contributed by atoms with Crippen molar-refractivity contribution < 1.29 is 13.2 Å². The summed E-state index contributed by atoms with van der Waals surface area (Å²) in [6.07, 6.45) is 2.40. The Labute approximate surface area is 139 Å². The normalized spacial score (nSPS) is 27.0. The number of nitrogens with one attached hydrogen (secondary N) is 2. The minimum Gasteiger partial charge on any atom is -0.373 e. The highest BCUT2D eigenvalue weighted by Gasteiger charge is 2.30. The first kappa shape index (κ1) is 18.5. The van der Waals surface area contributed by atoms with Crippen molar-refractivity contribution in [3.05, 3.63) is 0 Å². The van der Waals surface area contributed by atoms with E-state index < -0.39 is 10.0 Å². The van der Waals surface area contributed by atoms with Crippen LogP contribution in [0.15, 0.2) is 4.99 Å². The third-order valence-corrected chi connectivity index (χ3v) is 5.79. The van der Waals surface area contributed by atoms with E-state index in [4.69, 9.17) is 4.74 Å². The number of hydrogen-bond donors (Lipinski definition) is 2. The summed E-state index contributed by atoms with van der Waals surface area (Å²) in [5.74, 6) is 1.49. The molecular formula is C15H30N4O3S. The van der Waals surface area contributed by atoms with Gasteiger partial charge >= 0.3 is 0 Å². The molecule has 0 aromatic rings. The number of nitrogens with zero attached hydrogens (tertiary/aromatic N) is 2. The monoisotopic (exact) mass is 346 g/mol. The zero-order valence-electron chi connectivity index (χ0n) is 14.4. The van der Waals surface area contributed by atoms with E-state index in [9.17, 15) is 8.42 Å². The second-order valence-electron chi connectivity index (χ2n) is 6.48. The minimum absolute atomic E-state index is 0.0566. The summed E-state index contributed by atoms with van der Waals surface area (Å²) in [6, 6.07) is 0. The lowest BCUT2D eigenvalue weighted by atomic mass is 10.3. The SMILES string of the molecule is CCNC(=NCC1CC1)NCCS(=O)(=O)N1CC(C)OC(C)C1. The fourth-order valence-electron chi connectivity index (χ4n) is 2.65. The Morgan fingerprint density at radius 2 is 1.87 bits per heavy atom. The van der Waals surface area contributed by atoms with Crippen LogP contribution >= 0.6 is 0 Å². The molecule has 0 bridgehead atoms. The Hall–Kier alpha value is -0.860. The van der Waals surface area contributed by atoms with Gasteiger partial charge in [-0.2, -0.15) is 4.31 Å². The van der Waals surface area contributed by atoms with E-state index in [1.165, 1.54) is 12.8 Å².